The molecule has 2 nitrogen and oxygen atoms in total. The maximum absolute atomic E-state index is 5.16. The highest BCUT2D eigenvalue weighted by atomic mass is 31.1. The molecule has 154 valence electrons. The lowest BCUT2D eigenvalue weighted by Crippen LogP contribution is -2.29. The van der Waals surface area contributed by atoms with E-state index in [0.29, 0.717) is 0 Å². The number of aryl methyl sites for hydroxylation is 1. The van der Waals surface area contributed by atoms with E-state index in [1.54, 1.807) is 0 Å². The summed E-state index contributed by atoms with van der Waals surface area (Å²) in [6.07, 6.45) is 0. The van der Waals surface area contributed by atoms with Gasteiger partial charge in [-0.15, -0.1) is 0 Å². The second-order valence-electron chi connectivity index (χ2n) is 7.55. The summed E-state index contributed by atoms with van der Waals surface area (Å²) in [5, 5.41) is 6.39. The molecular formula is C28H27N2P. The van der Waals surface area contributed by atoms with Crippen LogP contribution in [0.3, 0.4) is 0 Å². The van der Waals surface area contributed by atoms with E-state index in [2.05, 4.69) is 128 Å². The van der Waals surface area contributed by atoms with Crippen molar-refractivity contribution in [3.05, 3.63) is 132 Å². The number of aliphatic imine (C=N–C) groups is 1. The largest absolute Gasteiger partial charge is 0.341 e. The molecule has 4 rings (SSSR count). The summed E-state index contributed by atoms with van der Waals surface area (Å²) < 4.78 is 0. The molecule has 0 amide bonds. The quantitative estimate of drug-likeness (QED) is 0.225. The van der Waals surface area contributed by atoms with Crippen molar-refractivity contribution in [2.45, 2.75) is 19.9 Å². The van der Waals surface area contributed by atoms with Gasteiger partial charge in [0.1, 0.15) is 5.84 Å². The van der Waals surface area contributed by atoms with Gasteiger partial charge < -0.3 is 5.09 Å². The van der Waals surface area contributed by atoms with Crippen molar-refractivity contribution in [1.82, 2.24) is 5.09 Å². The monoisotopic (exact) mass is 422 g/mol. The smallest absolute Gasteiger partial charge is 0.132 e. The Bertz CT molecular complexity index is 1070. The Balaban J connectivity index is 1.76. The zero-order chi connectivity index (χ0) is 21.5. The third-order valence-corrected chi connectivity index (χ3v) is 7.24. The SMILES string of the molecule is Cc1ccc(C(=NC(C)c2ccccc2)NP(c2ccccc2)c2ccccc2)cc1. The molecule has 0 saturated carbocycles. The fraction of sp³-hybridized carbons (Fsp3) is 0.107. The molecule has 0 aliphatic carbocycles. The summed E-state index contributed by atoms with van der Waals surface area (Å²) in [5.41, 5.74) is 3.55. The van der Waals surface area contributed by atoms with Crippen LogP contribution in [0, 0.1) is 6.92 Å². The molecule has 0 aliphatic heterocycles. The van der Waals surface area contributed by atoms with Gasteiger partial charge in [-0.2, -0.15) is 0 Å². The Morgan fingerprint density at radius 2 is 1.16 bits per heavy atom. The van der Waals surface area contributed by atoms with E-state index in [4.69, 9.17) is 4.99 Å². The normalized spacial score (nSPS) is 12.5. The van der Waals surface area contributed by atoms with Crippen LogP contribution in [0.25, 0.3) is 0 Å². The molecule has 4 aromatic carbocycles. The van der Waals surface area contributed by atoms with Gasteiger partial charge in [-0.05, 0) is 19.4 Å². The molecule has 0 bridgehead atoms. The Hall–Kier alpha value is -3.22. The molecule has 0 aliphatic rings. The highest BCUT2D eigenvalue weighted by Gasteiger charge is 2.18. The lowest BCUT2D eigenvalue weighted by molar-refractivity contribution is 0.816. The third kappa shape index (κ3) is 5.48. The first-order chi connectivity index (χ1) is 15.2. The standard InChI is InChI=1S/C28H27N2P/c1-22-18-20-25(21-19-22)28(29-23(2)24-12-6-3-7-13-24)30-31(26-14-8-4-9-15-26)27-16-10-5-11-17-27/h3-21,23H,1-2H3,(H,29,30). The highest BCUT2D eigenvalue weighted by molar-refractivity contribution is 7.71. The fourth-order valence-electron chi connectivity index (χ4n) is 3.42. The number of hydrogen-bond acceptors (Lipinski definition) is 1. The predicted octanol–water partition coefficient (Wildman–Crippen LogP) is 6.14. The highest BCUT2D eigenvalue weighted by Crippen LogP contribution is 2.30. The summed E-state index contributed by atoms with van der Waals surface area (Å²) >= 11 is 0. The van der Waals surface area contributed by atoms with Crippen LogP contribution in [0.15, 0.2) is 120 Å². The number of amidine groups is 1. The third-order valence-electron chi connectivity index (χ3n) is 5.18. The number of nitrogens with zero attached hydrogens (tertiary/aromatic N) is 1. The predicted molar refractivity (Wildman–Crippen MR) is 135 cm³/mol. The number of rotatable bonds is 6. The maximum Gasteiger partial charge on any atom is 0.132 e. The lowest BCUT2D eigenvalue weighted by atomic mass is 10.1. The van der Waals surface area contributed by atoms with Gasteiger partial charge in [0.25, 0.3) is 0 Å². The summed E-state index contributed by atoms with van der Waals surface area (Å²) in [6.45, 7) is 4.26. The van der Waals surface area contributed by atoms with E-state index in [1.165, 1.54) is 21.7 Å². The van der Waals surface area contributed by atoms with E-state index in [1.807, 2.05) is 6.07 Å². The number of hydrogen-bond donors (Lipinski definition) is 1. The van der Waals surface area contributed by atoms with Crippen molar-refractivity contribution in [2.75, 3.05) is 0 Å². The van der Waals surface area contributed by atoms with Crippen LogP contribution < -0.4 is 15.7 Å². The second-order valence-corrected chi connectivity index (χ2v) is 9.48. The van der Waals surface area contributed by atoms with E-state index in [-0.39, 0.29) is 6.04 Å². The van der Waals surface area contributed by atoms with Gasteiger partial charge in [-0.3, -0.25) is 4.99 Å². The molecule has 0 radical (unpaired) electrons. The number of benzene rings is 4. The molecule has 31 heavy (non-hydrogen) atoms. The summed E-state index contributed by atoms with van der Waals surface area (Å²) in [6, 6.07) is 40.4. The molecule has 1 N–H and O–H groups in total. The van der Waals surface area contributed by atoms with Gasteiger partial charge in [0.05, 0.1) is 14.1 Å². The average molecular weight is 423 g/mol. The summed E-state index contributed by atoms with van der Waals surface area (Å²) in [5.74, 6) is 0.926. The Morgan fingerprint density at radius 3 is 1.68 bits per heavy atom. The molecule has 0 saturated heterocycles. The zero-order valence-electron chi connectivity index (χ0n) is 17.9. The molecule has 1 unspecified atom stereocenters. The minimum absolute atomic E-state index is 0.0494. The van der Waals surface area contributed by atoms with Crippen molar-refractivity contribution >= 4 is 24.5 Å². The summed E-state index contributed by atoms with van der Waals surface area (Å²) in [4.78, 5) is 5.16. The van der Waals surface area contributed by atoms with Crippen molar-refractivity contribution < 1.29 is 0 Å². The molecule has 0 aromatic heterocycles. The Labute approximate surface area is 186 Å². The van der Waals surface area contributed by atoms with Crippen LogP contribution in [-0.2, 0) is 0 Å². The molecule has 0 spiro atoms. The topological polar surface area (TPSA) is 24.4 Å². The molecule has 0 fully saturated rings. The van der Waals surface area contributed by atoms with Crippen LogP contribution in [0.4, 0.5) is 0 Å². The molecule has 3 heteroatoms. The Kier molecular flexibility index (Phi) is 6.92. The van der Waals surface area contributed by atoms with Crippen LogP contribution in [0.5, 0.6) is 0 Å². The number of nitrogens with one attached hydrogen (secondary N) is 1. The minimum atomic E-state index is -0.802. The fourth-order valence-corrected chi connectivity index (χ4v) is 5.31. The van der Waals surface area contributed by atoms with Gasteiger partial charge >= 0.3 is 0 Å². The first-order valence-corrected chi connectivity index (χ1v) is 11.9. The minimum Gasteiger partial charge on any atom is -0.341 e. The van der Waals surface area contributed by atoms with Crippen LogP contribution in [-0.4, -0.2) is 5.84 Å². The lowest BCUT2D eigenvalue weighted by Gasteiger charge is -2.23. The second kappa shape index (κ2) is 10.2. The van der Waals surface area contributed by atoms with Crippen LogP contribution in [0.1, 0.15) is 29.7 Å². The van der Waals surface area contributed by atoms with Gasteiger partial charge in [0.2, 0.25) is 0 Å². The molecular weight excluding hydrogens is 395 g/mol. The molecule has 4 aromatic rings. The van der Waals surface area contributed by atoms with E-state index >= 15 is 0 Å². The average Bonchev–Trinajstić information content (AvgIpc) is 2.84. The first kappa shape index (κ1) is 21.0. The van der Waals surface area contributed by atoms with Crippen LogP contribution in [0.2, 0.25) is 0 Å². The Morgan fingerprint density at radius 1 is 0.677 bits per heavy atom. The van der Waals surface area contributed by atoms with E-state index in [0.717, 1.165) is 11.4 Å². The summed E-state index contributed by atoms with van der Waals surface area (Å²) in [7, 11) is -0.802. The van der Waals surface area contributed by atoms with Crippen molar-refractivity contribution in [1.29, 1.82) is 0 Å². The zero-order valence-corrected chi connectivity index (χ0v) is 18.8. The van der Waals surface area contributed by atoms with Crippen molar-refractivity contribution in [2.24, 2.45) is 4.99 Å². The van der Waals surface area contributed by atoms with Gasteiger partial charge in [0, 0.05) is 16.2 Å². The van der Waals surface area contributed by atoms with Crippen LogP contribution >= 0.6 is 8.07 Å². The van der Waals surface area contributed by atoms with Gasteiger partial charge in [0.15, 0.2) is 0 Å². The van der Waals surface area contributed by atoms with Gasteiger partial charge in [-0.25, -0.2) is 0 Å². The molecule has 0 heterocycles. The maximum atomic E-state index is 5.16. The first-order valence-electron chi connectivity index (χ1n) is 10.6. The van der Waals surface area contributed by atoms with Crippen molar-refractivity contribution in [3.8, 4) is 0 Å². The van der Waals surface area contributed by atoms with Gasteiger partial charge in [-0.1, -0.05) is 121 Å². The van der Waals surface area contributed by atoms with E-state index < -0.39 is 8.07 Å². The van der Waals surface area contributed by atoms with Crippen molar-refractivity contribution in [3.63, 3.8) is 0 Å². The molecule has 1 atom stereocenters. The van der Waals surface area contributed by atoms with E-state index in [9.17, 15) is 0 Å².